The van der Waals surface area contributed by atoms with E-state index >= 15 is 0 Å². The van der Waals surface area contributed by atoms with Gasteiger partial charge in [0.05, 0.1) is 5.69 Å². The highest BCUT2D eigenvalue weighted by Crippen LogP contribution is 2.28. The highest BCUT2D eigenvalue weighted by molar-refractivity contribution is 6.05. The summed E-state index contributed by atoms with van der Waals surface area (Å²) in [7, 11) is 0. The first kappa shape index (κ1) is 14.7. The van der Waals surface area contributed by atoms with Gasteiger partial charge in [0.1, 0.15) is 5.75 Å². The van der Waals surface area contributed by atoms with Crippen LogP contribution < -0.4 is 10.6 Å². The van der Waals surface area contributed by atoms with Crippen molar-refractivity contribution in [2.75, 3.05) is 10.6 Å². The molecule has 0 heterocycles. The van der Waals surface area contributed by atoms with Crippen LogP contribution in [0.15, 0.2) is 78.9 Å². The lowest BCUT2D eigenvalue weighted by atomic mass is 10.1. The Morgan fingerprint density at radius 1 is 0.783 bits per heavy atom. The summed E-state index contributed by atoms with van der Waals surface area (Å²) >= 11 is 0. The largest absolute Gasteiger partial charge is 0.506 e. The van der Waals surface area contributed by atoms with Crippen LogP contribution in [0, 0.1) is 0 Å². The van der Waals surface area contributed by atoms with E-state index in [-0.39, 0.29) is 11.7 Å². The Morgan fingerprint density at radius 3 is 2.04 bits per heavy atom. The van der Waals surface area contributed by atoms with Crippen molar-refractivity contribution in [3.8, 4) is 5.75 Å². The molecule has 3 N–H and O–H groups in total. The van der Waals surface area contributed by atoms with Gasteiger partial charge in [0, 0.05) is 16.9 Å². The molecule has 3 rings (SSSR count). The molecule has 0 aliphatic rings. The highest BCUT2D eigenvalue weighted by atomic mass is 16.3. The van der Waals surface area contributed by atoms with Gasteiger partial charge in [0.25, 0.3) is 5.91 Å². The van der Waals surface area contributed by atoms with Gasteiger partial charge in [-0.1, -0.05) is 36.4 Å². The van der Waals surface area contributed by atoms with Gasteiger partial charge in [-0.2, -0.15) is 0 Å². The van der Waals surface area contributed by atoms with Crippen LogP contribution in [0.4, 0.5) is 17.1 Å². The van der Waals surface area contributed by atoms with E-state index in [1.807, 2.05) is 60.7 Å². The van der Waals surface area contributed by atoms with Gasteiger partial charge >= 0.3 is 0 Å². The average molecular weight is 304 g/mol. The zero-order chi connectivity index (χ0) is 16.1. The number of rotatable bonds is 4. The second-order valence-corrected chi connectivity index (χ2v) is 5.04. The van der Waals surface area contributed by atoms with Crippen LogP contribution in [0.3, 0.4) is 0 Å². The Hall–Kier alpha value is -3.27. The number of nitrogens with one attached hydrogen (secondary N) is 2. The Bertz CT molecular complexity index is 802. The summed E-state index contributed by atoms with van der Waals surface area (Å²) < 4.78 is 0. The molecule has 3 aromatic carbocycles. The number of aromatic hydroxyl groups is 1. The third kappa shape index (κ3) is 3.68. The molecule has 0 radical (unpaired) electrons. The molecule has 4 nitrogen and oxygen atoms in total. The summed E-state index contributed by atoms with van der Waals surface area (Å²) in [6.45, 7) is 0. The number of phenolic OH excluding ortho intramolecular Hbond substituents is 1. The molecule has 0 saturated heterocycles. The normalized spacial score (nSPS) is 10.1. The number of carbonyl (C=O) groups is 1. The molecule has 3 aromatic rings. The minimum atomic E-state index is -0.229. The van der Waals surface area contributed by atoms with Crippen molar-refractivity contribution >= 4 is 23.0 Å². The Labute approximate surface area is 134 Å². The topological polar surface area (TPSA) is 61.4 Å². The molecular weight excluding hydrogens is 288 g/mol. The number of hydrogen-bond donors (Lipinski definition) is 3. The molecule has 23 heavy (non-hydrogen) atoms. The van der Waals surface area contributed by atoms with Crippen LogP contribution in [-0.2, 0) is 0 Å². The second kappa shape index (κ2) is 6.66. The van der Waals surface area contributed by atoms with Gasteiger partial charge in [0.15, 0.2) is 0 Å². The third-order valence-electron chi connectivity index (χ3n) is 3.34. The SMILES string of the molecule is O=C(Nc1ccccc1)c1ccc(O)c(Nc2ccccc2)c1. The molecule has 0 aliphatic carbocycles. The predicted molar refractivity (Wildman–Crippen MR) is 92.2 cm³/mol. The van der Waals surface area contributed by atoms with Gasteiger partial charge in [-0.25, -0.2) is 0 Å². The zero-order valence-electron chi connectivity index (χ0n) is 12.4. The Balaban J connectivity index is 1.81. The van der Waals surface area contributed by atoms with E-state index in [0.717, 1.165) is 11.4 Å². The lowest BCUT2D eigenvalue weighted by molar-refractivity contribution is 0.102. The summed E-state index contributed by atoms with van der Waals surface area (Å²) in [5, 5.41) is 15.9. The van der Waals surface area contributed by atoms with Crippen molar-refractivity contribution in [2.45, 2.75) is 0 Å². The fraction of sp³-hybridized carbons (Fsp3) is 0. The first-order chi connectivity index (χ1) is 11.2. The van der Waals surface area contributed by atoms with Crippen LogP contribution in [0.1, 0.15) is 10.4 Å². The van der Waals surface area contributed by atoms with E-state index < -0.39 is 0 Å². The molecule has 0 bridgehead atoms. The Kier molecular flexibility index (Phi) is 4.25. The number of amides is 1. The summed E-state index contributed by atoms with van der Waals surface area (Å²) in [5.41, 5.74) is 2.51. The fourth-order valence-electron chi connectivity index (χ4n) is 2.18. The molecule has 0 aromatic heterocycles. The molecule has 0 spiro atoms. The quantitative estimate of drug-likeness (QED) is 0.626. The molecule has 0 fully saturated rings. The minimum absolute atomic E-state index is 0.0881. The van der Waals surface area contributed by atoms with Crippen LogP contribution >= 0.6 is 0 Å². The smallest absolute Gasteiger partial charge is 0.255 e. The zero-order valence-corrected chi connectivity index (χ0v) is 12.4. The van der Waals surface area contributed by atoms with Gasteiger partial charge in [-0.15, -0.1) is 0 Å². The number of benzene rings is 3. The van der Waals surface area contributed by atoms with Gasteiger partial charge in [-0.3, -0.25) is 4.79 Å². The molecule has 0 saturated carbocycles. The first-order valence-electron chi connectivity index (χ1n) is 7.24. The fourth-order valence-corrected chi connectivity index (χ4v) is 2.18. The summed E-state index contributed by atoms with van der Waals surface area (Å²) in [6.07, 6.45) is 0. The van der Waals surface area contributed by atoms with Gasteiger partial charge < -0.3 is 15.7 Å². The number of hydrogen-bond acceptors (Lipinski definition) is 3. The molecule has 0 aliphatic heterocycles. The van der Waals surface area contributed by atoms with E-state index in [2.05, 4.69) is 10.6 Å². The average Bonchev–Trinajstić information content (AvgIpc) is 2.58. The van der Waals surface area contributed by atoms with Crippen molar-refractivity contribution in [1.29, 1.82) is 0 Å². The molecule has 114 valence electrons. The van der Waals surface area contributed by atoms with Gasteiger partial charge in [0.2, 0.25) is 0 Å². The summed E-state index contributed by atoms with van der Waals surface area (Å²) in [6, 6.07) is 23.4. The van der Waals surface area contributed by atoms with Crippen LogP contribution in [0.2, 0.25) is 0 Å². The van der Waals surface area contributed by atoms with E-state index in [1.165, 1.54) is 6.07 Å². The maximum atomic E-state index is 12.3. The van der Waals surface area contributed by atoms with Crippen molar-refractivity contribution in [3.05, 3.63) is 84.4 Å². The molecule has 0 unspecified atom stereocenters. The van der Waals surface area contributed by atoms with E-state index in [1.54, 1.807) is 12.1 Å². The number of para-hydroxylation sites is 2. The van der Waals surface area contributed by atoms with Crippen LogP contribution in [-0.4, -0.2) is 11.0 Å². The minimum Gasteiger partial charge on any atom is -0.506 e. The van der Waals surface area contributed by atoms with E-state index in [4.69, 9.17) is 0 Å². The lowest BCUT2D eigenvalue weighted by Crippen LogP contribution is -2.11. The molecular formula is C19H16N2O2. The molecule has 0 atom stereocenters. The van der Waals surface area contributed by atoms with E-state index in [0.29, 0.717) is 11.3 Å². The number of phenols is 1. The molecule has 1 amide bonds. The number of anilines is 3. The van der Waals surface area contributed by atoms with Crippen molar-refractivity contribution < 1.29 is 9.90 Å². The Morgan fingerprint density at radius 2 is 1.39 bits per heavy atom. The maximum absolute atomic E-state index is 12.3. The van der Waals surface area contributed by atoms with Gasteiger partial charge in [-0.05, 0) is 42.5 Å². The monoisotopic (exact) mass is 304 g/mol. The standard InChI is InChI=1S/C19H16N2O2/c22-18-12-11-14(19(23)21-16-9-5-2-6-10-16)13-17(18)20-15-7-3-1-4-8-15/h1-13,20,22H,(H,21,23). The van der Waals surface area contributed by atoms with E-state index in [9.17, 15) is 9.90 Å². The highest BCUT2D eigenvalue weighted by Gasteiger charge is 2.10. The van der Waals surface area contributed by atoms with Crippen molar-refractivity contribution in [3.63, 3.8) is 0 Å². The summed E-state index contributed by atoms with van der Waals surface area (Å²) in [4.78, 5) is 12.3. The third-order valence-corrected chi connectivity index (χ3v) is 3.34. The van der Waals surface area contributed by atoms with Crippen LogP contribution in [0.5, 0.6) is 5.75 Å². The van der Waals surface area contributed by atoms with Crippen molar-refractivity contribution in [1.82, 2.24) is 0 Å². The predicted octanol–water partition coefficient (Wildman–Crippen LogP) is 4.39. The second-order valence-electron chi connectivity index (χ2n) is 5.04. The first-order valence-corrected chi connectivity index (χ1v) is 7.24. The maximum Gasteiger partial charge on any atom is 0.255 e. The molecule has 4 heteroatoms. The summed E-state index contributed by atoms with van der Waals surface area (Å²) in [5.74, 6) is -0.141. The van der Waals surface area contributed by atoms with Crippen molar-refractivity contribution in [2.24, 2.45) is 0 Å². The van der Waals surface area contributed by atoms with Crippen LogP contribution in [0.25, 0.3) is 0 Å². The lowest BCUT2D eigenvalue weighted by Gasteiger charge is -2.11. The number of carbonyl (C=O) groups excluding carboxylic acids is 1.